The van der Waals surface area contributed by atoms with E-state index in [2.05, 4.69) is 15.2 Å². The van der Waals surface area contributed by atoms with Gasteiger partial charge < -0.3 is 15.0 Å². The summed E-state index contributed by atoms with van der Waals surface area (Å²) in [6, 6.07) is 8.04. The van der Waals surface area contributed by atoms with Gasteiger partial charge in [-0.2, -0.15) is 4.31 Å². The van der Waals surface area contributed by atoms with Gasteiger partial charge in [0, 0.05) is 38.1 Å². The fourth-order valence-corrected chi connectivity index (χ4v) is 5.38. The Bertz CT molecular complexity index is 1030. The van der Waals surface area contributed by atoms with Gasteiger partial charge >= 0.3 is 0 Å². The van der Waals surface area contributed by atoms with E-state index in [1.165, 1.54) is 16.6 Å². The van der Waals surface area contributed by atoms with Gasteiger partial charge in [0.25, 0.3) is 5.91 Å². The molecule has 2 aliphatic rings. The van der Waals surface area contributed by atoms with E-state index in [1.54, 1.807) is 24.3 Å². The predicted molar refractivity (Wildman–Crippen MR) is 119 cm³/mol. The summed E-state index contributed by atoms with van der Waals surface area (Å²) in [7, 11) is -3.72. The summed E-state index contributed by atoms with van der Waals surface area (Å²) in [5.41, 5.74) is 1.04. The first kappa shape index (κ1) is 22.0. The molecule has 0 saturated carbocycles. The summed E-state index contributed by atoms with van der Waals surface area (Å²) in [6.45, 7) is 2.98. The average Bonchev–Trinajstić information content (AvgIpc) is 2.81. The molecule has 4 rings (SSSR count). The lowest BCUT2D eigenvalue weighted by atomic mass is 10.1. The van der Waals surface area contributed by atoms with E-state index in [9.17, 15) is 13.2 Å². The predicted octanol–water partition coefficient (Wildman–Crippen LogP) is 3.00. The summed E-state index contributed by atoms with van der Waals surface area (Å²) < 4.78 is 33.0. The van der Waals surface area contributed by atoms with E-state index in [0.717, 1.165) is 38.0 Å². The third-order valence-electron chi connectivity index (χ3n) is 5.49. The van der Waals surface area contributed by atoms with Crippen molar-refractivity contribution in [2.45, 2.75) is 24.2 Å². The number of sulfonamides is 1. The molecule has 2 fully saturated rings. The molecule has 2 aromatic rings. The summed E-state index contributed by atoms with van der Waals surface area (Å²) >= 11 is 5.87. The molecule has 8 nitrogen and oxygen atoms in total. The highest BCUT2D eigenvalue weighted by atomic mass is 35.5. The number of benzene rings is 1. The number of hydrogen-bond donors (Lipinski definition) is 1. The number of nitrogens with zero attached hydrogens (tertiary/aromatic N) is 3. The molecule has 1 aromatic carbocycles. The van der Waals surface area contributed by atoms with E-state index >= 15 is 0 Å². The van der Waals surface area contributed by atoms with Crippen LogP contribution in [-0.2, 0) is 14.8 Å². The van der Waals surface area contributed by atoms with Crippen LogP contribution in [0.1, 0.15) is 29.6 Å². The van der Waals surface area contributed by atoms with Crippen molar-refractivity contribution >= 4 is 39.0 Å². The minimum atomic E-state index is -3.72. The van der Waals surface area contributed by atoms with Gasteiger partial charge in [-0.05, 0) is 49.6 Å². The Morgan fingerprint density at radius 1 is 1.03 bits per heavy atom. The fraction of sp³-hybridized carbons (Fsp3) is 0.429. The molecule has 0 spiro atoms. The number of pyridine rings is 1. The number of piperidine rings is 1. The molecule has 166 valence electrons. The van der Waals surface area contributed by atoms with Crippen LogP contribution in [0.3, 0.4) is 0 Å². The van der Waals surface area contributed by atoms with E-state index in [4.69, 9.17) is 16.3 Å². The van der Waals surface area contributed by atoms with E-state index < -0.39 is 15.9 Å². The molecule has 10 heteroatoms. The smallest absolute Gasteiger partial charge is 0.258 e. The van der Waals surface area contributed by atoms with Crippen LogP contribution in [0.15, 0.2) is 41.4 Å². The van der Waals surface area contributed by atoms with Crippen molar-refractivity contribution in [2.75, 3.05) is 49.6 Å². The molecule has 0 unspecified atom stereocenters. The second-order valence-electron chi connectivity index (χ2n) is 7.56. The number of ether oxygens (including phenoxy) is 1. The van der Waals surface area contributed by atoms with E-state index in [0.29, 0.717) is 42.7 Å². The Morgan fingerprint density at radius 3 is 2.45 bits per heavy atom. The third kappa shape index (κ3) is 5.01. The Balaban J connectivity index is 1.69. The number of carbonyl (C=O) groups is 1. The molecule has 0 aliphatic carbocycles. The normalized spacial score (nSPS) is 18.0. The number of carbonyl (C=O) groups excluding carboxylic acids is 1. The van der Waals surface area contributed by atoms with Gasteiger partial charge in [0.05, 0.1) is 28.7 Å². The molecule has 31 heavy (non-hydrogen) atoms. The molecule has 1 N–H and O–H groups in total. The highest BCUT2D eigenvalue weighted by Gasteiger charge is 2.29. The Hall–Kier alpha value is -2.20. The highest BCUT2D eigenvalue weighted by molar-refractivity contribution is 7.89. The number of morpholine rings is 1. The topological polar surface area (TPSA) is 91.8 Å². The molecule has 0 atom stereocenters. The van der Waals surface area contributed by atoms with Gasteiger partial charge in [0.2, 0.25) is 10.0 Å². The molecular formula is C21H25ClN4O4S. The molecular weight excluding hydrogens is 440 g/mol. The molecule has 2 saturated heterocycles. The summed E-state index contributed by atoms with van der Waals surface area (Å²) in [4.78, 5) is 19.5. The zero-order valence-electron chi connectivity index (χ0n) is 17.1. The number of aromatic nitrogens is 1. The van der Waals surface area contributed by atoms with Crippen LogP contribution >= 0.6 is 11.6 Å². The third-order valence-corrected chi connectivity index (χ3v) is 7.60. The van der Waals surface area contributed by atoms with Crippen LogP contribution in [0.5, 0.6) is 0 Å². The molecule has 1 aromatic heterocycles. The number of halogens is 1. The zero-order valence-corrected chi connectivity index (χ0v) is 18.7. The van der Waals surface area contributed by atoms with Crippen LogP contribution < -0.4 is 10.2 Å². The maximum Gasteiger partial charge on any atom is 0.258 e. The average molecular weight is 465 g/mol. The standard InChI is InChI=1S/C21H25ClN4O4S/c22-16-4-7-20(23-15-16)24-21(27)18-14-17(31(28,29)26-10-12-30-13-11-26)5-6-19(18)25-8-2-1-3-9-25/h4-7,14-15H,1-3,8-13H2,(H,23,24,27). The zero-order chi connectivity index (χ0) is 21.8. The van der Waals surface area contributed by atoms with Crippen LogP contribution in [0.2, 0.25) is 5.02 Å². The Morgan fingerprint density at radius 2 is 1.77 bits per heavy atom. The number of hydrogen-bond acceptors (Lipinski definition) is 6. The molecule has 2 aliphatic heterocycles. The number of rotatable bonds is 5. The summed E-state index contributed by atoms with van der Waals surface area (Å²) in [5.74, 6) is -0.0603. The summed E-state index contributed by atoms with van der Waals surface area (Å²) in [6.07, 6.45) is 4.67. The second-order valence-corrected chi connectivity index (χ2v) is 9.93. The van der Waals surface area contributed by atoms with Crippen molar-refractivity contribution in [3.05, 3.63) is 47.1 Å². The van der Waals surface area contributed by atoms with Crippen molar-refractivity contribution < 1.29 is 17.9 Å². The molecule has 1 amide bonds. The quantitative estimate of drug-likeness (QED) is 0.731. The first-order valence-corrected chi connectivity index (χ1v) is 12.2. The lowest BCUT2D eigenvalue weighted by molar-refractivity contribution is 0.0730. The lowest BCUT2D eigenvalue weighted by Crippen LogP contribution is -2.40. The molecule has 0 radical (unpaired) electrons. The minimum Gasteiger partial charge on any atom is -0.379 e. The van der Waals surface area contributed by atoms with Gasteiger partial charge in [-0.1, -0.05) is 11.6 Å². The lowest BCUT2D eigenvalue weighted by Gasteiger charge is -2.31. The van der Waals surface area contributed by atoms with Crippen LogP contribution in [0.25, 0.3) is 0 Å². The summed E-state index contributed by atoms with van der Waals surface area (Å²) in [5, 5.41) is 3.22. The van der Waals surface area contributed by atoms with Crippen molar-refractivity contribution in [3.8, 4) is 0 Å². The van der Waals surface area contributed by atoms with E-state index in [1.807, 2.05) is 0 Å². The van der Waals surface area contributed by atoms with Crippen LogP contribution in [0.4, 0.5) is 11.5 Å². The van der Waals surface area contributed by atoms with Crippen molar-refractivity contribution in [2.24, 2.45) is 0 Å². The van der Waals surface area contributed by atoms with E-state index in [-0.39, 0.29) is 4.90 Å². The van der Waals surface area contributed by atoms with Gasteiger partial charge in [-0.15, -0.1) is 0 Å². The maximum atomic E-state index is 13.2. The Kier molecular flexibility index (Phi) is 6.76. The first-order chi connectivity index (χ1) is 14.9. The van der Waals surface area contributed by atoms with Crippen LogP contribution in [0, 0.1) is 0 Å². The highest BCUT2D eigenvalue weighted by Crippen LogP contribution is 2.29. The molecule has 0 bridgehead atoms. The number of anilines is 2. The van der Waals surface area contributed by atoms with Gasteiger partial charge in [-0.25, -0.2) is 13.4 Å². The van der Waals surface area contributed by atoms with Gasteiger partial charge in [-0.3, -0.25) is 4.79 Å². The van der Waals surface area contributed by atoms with Crippen molar-refractivity contribution in [1.82, 2.24) is 9.29 Å². The largest absolute Gasteiger partial charge is 0.379 e. The fourth-order valence-electron chi connectivity index (χ4n) is 3.84. The van der Waals surface area contributed by atoms with Gasteiger partial charge in [0.1, 0.15) is 5.82 Å². The van der Waals surface area contributed by atoms with Crippen molar-refractivity contribution in [3.63, 3.8) is 0 Å². The second kappa shape index (κ2) is 9.52. The van der Waals surface area contributed by atoms with Crippen LogP contribution in [-0.4, -0.2) is 63.0 Å². The Labute approximate surface area is 187 Å². The monoisotopic (exact) mass is 464 g/mol. The first-order valence-electron chi connectivity index (χ1n) is 10.3. The minimum absolute atomic E-state index is 0.101. The SMILES string of the molecule is O=C(Nc1ccc(Cl)cn1)c1cc(S(=O)(=O)N2CCOCC2)ccc1N1CCCCC1. The van der Waals surface area contributed by atoms with Gasteiger partial charge in [0.15, 0.2) is 0 Å². The number of amides is 1. The maximum absolute atomic E-state index is 13.2. The van der Waals surface area contributed by atoms with Crippen molar-refractivity contribution in [1.29, 1.82) is 0 Å². The number of nitrogens with one attached hydrogen (secondary N) is 1. The molecule has 3 heterocycles.